The van der Waals surface area contributed by atoms with E-state index in [9.17, 15) is 0 Å². The van der Waals surface area contributed by atoms with E-state index in [-0.39, 0.29) is 27.3 Å². The minimum Gasteiger partial charge on any atom is -0.326 e. The van der Waals surface area contributed by atoms with Crippen molar-refractivity contribution in [2.45, 2.75) is 39.4 Å². The number of hydrogen-bond donors (Lipinski definition) is 1. The van der Waals surface area contributed by atoms with Crippen LogP contribution in [-0.4, -0.2) is 15.1 Å². The van der Waals surface area contributed by atoms with Gasteiger partial charge >= 0.3 is 0 Å². The van der Waals surface area contributed by atoms with Crippen LogP contribution in [0.1, 0.15) is 20.8 Å². The largest absolute Gasteiger partial charge is 0.326 e. The van der Waals surface area contributed by atoms with Crippen LogP contribution < -0.4 is 5.73 Å². The molecular weight excluding hydrogens is 162 g/mol. The van der Waals surface area contributed by atoms with E-state index in [0.717, 1.165) is 0 Å². The van der Waals surface area contributed by atoms with E-state index in [1.54, 1.807) is 0 Å². The quantitative estimate of drug-likeness (QED) is 0.554. The molecule has 0 rings (SSSR count). The molecule has 0 aromatic heterocycles. The Labute approximate surface area is 76.5 Å². The maximum absolute atomic E-state index is 5.35. The Morgan fingerprint density at radius 1 is 1.11 bits per heavy atom. The summed E-state index contributed by atoms with van der Waals surface area (Å²) in [4.78, 5) is 0. The molecule has 56 valence electrons. The predicted molar refractivity (Wildman–Crippen MR) is 44.2 cm³/mol. The zero-order valence-electron chi connectivity index (χ0n) is 7.28. The summed E-state index contributed by atoms with van der Waals surface area (Å²) in [5.41, 5.74) is 5.35. The van der Waals surface area contributed by atoms with Gasteiger partial charge in [-0.3, -0.25) is 0 Å². The summed E-state index contributed by atoms with van der Waals surface area (Å²) in [6, 6.07) is 0. The molecule has 0 aliphatic rings. The Bertz CT molecular complexity index is 36.8. The summed E-state index contributed by atoms with van der Waals surface area (Å²) in [5, 5.41) is 0. The summed E-state index contributed by atoms with van der Waals surface area (Å²) >= 11 is 0. The molecule has 0 radical (unpaired) electrons. The second-order valence-electron chi connectivity index (χ2n) is 3.07. The van der Waals surface area contributed by atoms with Crippen molar-refractivity contribution in [1.82, 2.24) is 0 Å². The van der Waals surface area contributed by atoms with Gasteiger partial charge in [0.05, 0.1) is 0 Å². The van der Waals surface area contributed by atoms with Crippen LogP contribution in [0.25, 0.3) is 0 Å². The second kappa shape index (κ2) is 8.89. The minimum atomic E-state index is 0. The van der Waals surface area contributed by atoms with Crippen LogP contribution in [-0.2, 0) is 21.7 Å². The zero-order valence-corrected chi connectivity index (χ0v) is 10.3. The number of hydrogen-bond acceptors (Lipinski definition) is 1. The molecule has 0 bridgehead atoms. The average Bonchev–Trinajstić information content (AvgIpc) is 1.27. The molecule has 0 aromatic rings. The molecule has 0 amide bonds. The summed E-state index contributed by atoms with van der Waals surface area (Å²) in [6.45, 7) is 10.4. The van der Waals surface area contributed by atoms with Gasteiger partial charge < -0.3 is 5.73 Å². The third kappa shape index (κ3) is 532. The molecule has 0 saturated heterocycles. The van der Waals surface area contributed by atoms with Gasteiger partial charge in [-0.05, 0) is 20.8 Å². The van der Waals surface area contributed by atoms with E-state index in [2.05, 4.69) is 13.1 Å². The third-order valence-corrected chi connectivity index (χ3v) is 0. The van der Waals surface area contributed by atoms with E-state index in [4.69, 9.17) is 5.73 Å². The first-order valence-corrected chi connectivity index (χ1v) is 6.03. The van der Waals surface area contributed by atoms with Crippen molar-refractivity contribution in [3.63, 3.8) is 0 Å². The van der Waals surface area contributed by atoms with Gasteiger partial charge in [0.2, 0.25) is 0 Å². The number of rotatable bonds is 0. The first kappa shape index (κ1) is 16.5. The molecule has 0 aliphatic carbocycles. The van der Waals surface area contributed by atoms with Gasteiger partial charge in [-0.15, -0.1) is 0 Å². The molecular formula is C6H19NSiTi. The van der Waals surface area contributed by atoms with Gasteiger partial charge in [0.1, 0.15) is 0 Å². The molecule has 9 heavy (non-hydrogen) atoms. The topological polar surface area (TPSA) is 26.0 Å². The molecule has 0 spiro atoms. The Kier molecular flexibility index (Phi) is 16.3. The van der Waals surface area contributed by atoms with Crippen molar-refractivity contribution in [1.29, 1.82) is 0 Å². The molecule has 0 heterocycles. The molecule has 0 unspecified atom stereocenters. The maximum Gasteiger partial charge on any atom is 0.0135 e. The van der Waals surface area contributed by atoms with Crippen molar-refractivity contribution < 1.29 is 21.7 Å². The molecule has 0 atom stereocenters. The molecule has 3 heteroatoms. The Morgan fingerprint density at radius 3 is 1.11 bits per heavy atom. The van der Waals surface area contributed by atoms with Crippen molar-refractivity contribution in [3.05, 3.63) is 0 Å². The van der Waals surface area contributed by atoms with Crippen LogP contribution in [0, 0.1) is 0 Å². The summed E-state index contributed by atoms with van der Waals surface area (Å²) in [7, 11) is 0.417. The van der Waals surface area contributed by atoms with Gasteiger partial charge in [0.15, 0.2) is 0 Å². The Morgan fingerprint density at radius 2 is 1.11 bits per heavy atom. The van der Waals surface area contributed by atoms with Gasteiger partial charge in [-0.25, -0.2) is 0 Å². The molecule has 1 nitrogen and oxygen atoms in total. The van der Waals surface area contributed by atoms with Gasteiger partial charge in [-0.2, -0.15) is 0 Å². The molecule has 0 aromatic carbocycles. The monoisotopic (exact) mass is 181 g/mol. The van der Waals surface area contributed by atoms with Crippen LogP contribution in [0.4, 0.5) is 0 Å². The summed E-state index contributed by atoms with van der Waals surface area (Å²) in [5.74, 6) is 0. The zero-order chi connectivity index (χ0) is 7.21. The maximum atomic E-state index is 5.35. The summed E-state index contributed by atoms with van der Waals surface area (Å²) < 4.78 is 0. The molecule has 0 aliphatic heterocycles. The fraction of sp³-hybridized carbons (Fsp3) is 1.00. The average molecular weight is 181 g/mol. The van der Waals surface area contributed by atoms with Gasteiger partial charge in [-0.1, -0.05) is 13.1 Å². The van der Waals surface area contributed by atoms with Crippen LogP contribution in [0.5, 0.6) is 0 Å². The summed E-state index contributed by atoms with van der Waals surface area (Å²) in [6.07, 6.45) is 0. The smallest absolute Gasteiger partial charge is 0.0135 e. The van der Waals surface area contributed by atoms with Crippen LogP contribution in [0.15, 0.2) is 0 Å². The normalized spacial score (nSPS) is 8.67. The van der Waals surface area contributed by atoms with E-state index >= 15 is 0 Å². The van der Waals surface area contributed by atoms with E-state index < -0.39 is 0 Å². The van der Waals surface area contributed by atoms with Crippen LogP contribution in [0.2, 0.25) is 13.1 Å². The molecule has 2 N–H and O–H groups in total. The Balaban J connectivity index is -0.0000000800. The van der Waals surface area contributed by atoms with E-state index in [0.29, 0.717) is 9.52 Å². The fourth-order valence-electron chi connectivity index (χ4n) is 0. The number of nitrogens with two attached hydrogens (primary N) is 1. The molecule has 0 saturated carbocycles. The Hall–Kier alpha value is 0.891. The third-order valence-electron chi connectivity index (χ3n) is 0. The van der Waals surface area contributed by atoms with Crippen molar-refractivity contribution >= 4 is 9.52 Å². The van der Waals surface area contributed by atoms with Crippen molar-refractivity contribution in [2.75, 3.05) is 0 Å². The standard InChI is InChI=1S/C4H11N.C2H8Si.Ti/c1-4(2,3)5;1-3-2;/h5H2,1-3H3;3H2,1-2H3;. The SMILES string of the molecule is CC(C)(C)N.C[SiH2]C.[Ti]. The first-order chi connectivity index (χ1) is 3.41. The van der Waals surface area contributed by atoms with Gasteiger partial charge in [0, 0.05) is 36.8 Å². The predicted octanol–water partition coefficient (Wildman–Crippen LogP) is 0.992. The minimum absolute atomic E-state index is 0. The van der Waals surface area contributed by atoms with E-state index in [1.165, 1.54) is 0 Å². The fourth-order valence-corrected chi connectivity index (χ4v) is 0. The van der Waals surface area contributed by atoms with Crippen molar-refractivity contribution in [2.24, 2.45) is 5.73 Å². The second-order valence-corrected chi connectivity index (χ2v) is 4.49. The van der Waals surface area contributed by atoms with Crippen molar-refractivity contribution in [3.8, 4) is 0 Å². The van der Waals surface area contributed by atoms with Crippen LogP contribution >= 0.6 is 0 Å². The van der Waals surface area contributed by atoms with E-state index in [1.807, 2.05) is 20.8 Å². The van der Waals surface area contributed by atoms with Crippen LogP contribution in [0.3, 0.4) is 0 Å². The first-order valence-electron chi connectivity index (χ1n) is 3.20. The van der Waals surface area contributed by atoms with Gasteiger partial charge in [0.25, 0.3) is 0 Å². The molecule has 0 fully saturated rings.